The van der Waals surface area contributed by atoms with E-state index in [2.05, 4.69) is 5.16 Å². The molecule has 0 saturated carbocycles. The van der Waals surface area contributed by atoms with Crippen LogP contribution in [0.3, 0.4) is 0 Å². The standard InChI is InChI=1S/C24H21FN2O5/c1-3-12-31-16-10-8-15(9-11-16)22(28)20-21(17-6-4-5-7-18(17)25)27(24(30)23(20)29)19-13-14(2)32-26-19/h4-11,13,21,28H,3,12H2,1-2H3/t21-/m1/s1. The Labute approximate surface area is 183 Å². The minimum absolute atomic E-state index is 0.0526. The molecule has 1 aliphatic rings. The Hall–Kier alpha value is -3.94. The fourth-order valence-corrected chi connectivity index (χ4v) is 3.61. The van der Waals surface area contributed by atoms with Gasteiger partial charge in [0.15, 0.2) is 5.82 Å². The van der Waals surface area contributed by atoms with Crippen molar-refractivity contribution in [1.82, 2.24) is 5.16 Å². The summed E-state index contributed by atoms with van der Waals surface area (Å²) in [6.07, 6.45) is 0.843. The summed E-state index contributed by atoms with van der Waals surface area (Å²) >= 11 is 0. The van der Waals surface area contributed by atoms with Gasteiger partial charge >= 0.3 is 5.91 Å². The van der Waals surface area contributed by atoms with Crippen LogP contribution in [0.5, 0.6) is 5.75 Å². The van der Waals surface area contributed by atoms with Gasteiger partial charge in [0.1, 0.15) is 23.1 Å². The lowest BCUT2D eigenvalue weighted by molar-refractivity contribution is -0.132. The molecule has 1 atom stereocenters. The maximum atomic E-state index is 14.8. The highest BCUT2D eigenvalue weighted by molar-refractivity contribution is 6.51. The predicted octanol–water partition coefficient (Wildman–Crippen LogP) is 4.54. The largest absolute Gasteiger partial charge is 0.507 e. The maximum absolute atomic E-state index is 14.8. The lowest BCUT2D eigenvalue weighted by atomic mass is 9.95. The molecule has 0 spiro atoms. The number of ketones is 1. The van der Waals surface area contributed by atoms with Crippen molar-refractivity contribution >= 4 is 23.3 Å². The molecule has 1 N–H and O–H groups in total. The van der Waals surface area contributed by atoms with Gasteiger partial charge in [-0.05, 0) is 43.7 Å². The first-order valence-corrected chi connectivity index (χ1v) is 10.1. The Balaban J connectivity index is 1.86. The zero-order chi connectivity index (χ0) is 22.8. The second kappa shape index (κ2) is 8.66. The quantitative estimate of drug-likeness (QED) is 0.347. The maximum Gasteiger partial charge on any atom is 0.301 e. The lowest BCUT2D eigenvalue weighted by Gasteiger charge is -2.23. The molecule has 0 aliphatic carbocycles. The smallest absolute Gasteiger partial charge is 0.301 e. The Morgan fingerprint density at radius 1 is 1.19 bits per heavy atom. The van der Waals surface area contributed by atoms with E-state index < -0.39 is 29.3 Å². The monoisotopic (exact) mass is 436 g/mol. The molecule has 8 heteroatoms. The molecule has 0 unspecified atom stereocenters. The molecule has 32 heavy (non-hydrogen) atoms. The zero-order valence-electron chi connectivity index (χ0n) is 17.5. The third-order valence-electron chi connectivity index (χ3n) is 5.11. The Morgan fingerprint density at radius 3 is 2.53 bits per heavy atom. The van der Waals surface area contributed by atoms with Crippen molar-refractivity contribution in [2.24, 2.45) is 0 Å². The Bertz CT molecular complexity index is 1200. The van der Waals surface area contributed by atoms with Gasteiger partial charge in [-0.25, -0.2) is 4.39 Å². The number of carbonyl (C=O) groups excluding carboxylic acids is 2. The normalized spacial score (nSPS) is 17.7. The molecule has 1 amide bonds. The fourth-order valence-electron chi connectivity index (χ4n) is 3.61. The molecule has 0 bridgehead atoms. The molecular weight excluding hydrogens is 415 g/mol. The molecule has 2 aromatic carbocycles. The molecule has 2 heterocycles. The van der Waals surface area contributed by atoms with E-state index in [0.29, 0.717) is 23.7 Å². The third-order valence-corrected chi connectivity index (χ3v) is 5.11. The van der Waals surface area contributed by atoms with Crippen molar-refractivity contribution in [3.05, 3.63) is 82.9 Å². The Kier molecular flexibility index (Phi) is 5.77. The van der Waals surface area contributed by atoms with Crippen LogP contribution in [0, 0.1) is 12.7 Å². The highest BCUT2D eigenvalue weighted by Crippen LogP contribution is 2.42. The van der Waals surface area contributed by atoms with E-state index in [1.54, 1.807) is 37.3 Å². The van der Waals surface area contributed by atoms with Gasteiger partial charge in [-0.15, -0.1) is 0 Å². The number of aliphatic hydroxyl groups excluding tert-OH is 1. The number of amides is 1. The fraction of sp³-hybridized carbons (Fsp3) is 0.208. The molecule has 1 saturated heterocycles. The summed E-state index contributed by atoms with van der Waals surface area (Å²) in [6, 6.07) is 12.5. The summed E-state index contributed by atoms with van der Waals surface area (Å²) in [5, 5.41) is 14.9. The van der Waals surface area contributed by atoms with Crippen LogP contribution < -0.4 is 9.64 Å². The van der Waals surface area contributed by atoms with E-state index in [1.807, 2.05) is 6.92 Å². The van der Waals surface area contributed by atoms with Gasteiger partial charge in [0.2, 0.25) is 0 Å². The number of aliphatic hydroxyl groups is 1. The molecule has 164 valence electrons. The van der Waals surface area contributed by atoms with Gasteiger partial charge in [-0.2, -0.15) is 0 Å². The molecule has 4 rings (SSSR count). The van der Waals surface area contributed by atoms with Crippen molar-refractivity contribution < 1.29 is 28.3 Å². The number of hydrogen-bond donors (Lipinski definition) is 1. The number of nitrogens with zero attached hydrogens (tertiary/aromatic N) is 2. The van der Waals surface area contributed by atoms with E-state index in [1.165, 1.54) is 24.3 Å². The van der Waals surface area contributed by atoms with Crippen molar-refractivity contribution in [3.8, 4) is 5.75 Å². The van der Waals surface area contributed by atoms with Crippen molar-refractivity contribution in [3.63, 3.8) is 0 Å². The average Bonchev–Trinajstić information content (AvgIpc) is 3.33. The summed E-state index contributed by atoms with van der Waals surface area (Å²) in [6.45, 7) is 4.16. The van der Waals surface area contributed by atoms with Crippen LogP contribution >= 0.6 is 0 Å². The van der Waals surface area contributed by atoms with Crippen LogP contribution in [0.25, 0.3) is 5.76 Å². The van der Waals surface area contributed by atoms with Crippen molar-refractivity contribution in [2.75, 3.05) is 11.5 Å². The molecule has 1 aromatic heterocycles. The molecule has 3 aromatic rings. The number of halogens is 1. The van der Waals surface area contributed by atoms with Gasteiger partial charge in [-0.1, -0.05) is 30.3 Å². The van der Waals surface area contributed by atoms with Crippen LogP contribution in [-0.2, 0) is 9.59 Å². The molecular formula is C24H21FN2O5. The first-order chi connectivity index (χ1) is 15.4. The highest BCUT2D eigenvalue weighted by Gasteiger charge is 2.48. The van der Waals surface area contributed by atoms with E-state index >= 15 is 0 Å². The third kappa shape index (κ3) is 3.75. The topological polar surface area (TPSA) is 92.9 Å². The highest BCUT2D eigenvalue weighted by atomic mass is 19.1. The van der Waals surface area contributed by atoms with Crippen LogP contribution in [0.4, 0.5) is 10.2 Å². The molecule has 1 fully saturated rings. The molecule has 7 nitrogen and oxygen atoms in total. The summed E-state index contributed by atoms with van der Waals surface area (Å²) < 4.78 is 25.4. The van der Waals surface area contributed by atoms with E-state index in [9.17, 15) is 19.1 Å². The number of aromatic nitrogens is 1. The van der Waals surface area contributed by atoms with Crippen molar-refractivity contribution in [2.45, 2.75) is 26.3 Å². The summed E-state index contributed by atoms with van der Waals surface area (Å²) in [4.78, 5) is 27.0. The minimum Gasteiger partial charge on any atom is -0.507 e. The second-order valence-electron chi connectivity index (χ2n) is 7.36. The van der Waals surface area contributed by atoms with E-state index in [4.69, 9.17) is 9.26 Å². The van der Waals surface area contributed by atoms with Crippen LogP contribution in [-0.4, -0.2) is 28.6 Å². The lowest BCUT2D eigenvalue weighted by Crippen LogP contribution is -2.30. The summed E-state index contributed by atoms with van der Waals surface area (Å²) in [7, 11) is 0. The van der Waals surface area contributed by atoms with Crippen LogP contribution in [0.2, 0.25) is 0 Å². The number of hydrogen-bond acceptors (Lipinski definition) is 6. The summed E-state index contributed by atoms with van der Waals surface area (Å²) in [5.41, 5.74) is 0.115. The first-order valence-electron chi connectivity index (χ1n) is 10.1. The number of anilines is 1. The van der Waals surface area contributed by atoms with Crippen molar-refractivity contribution in [1.29, 1.82) is 0 Å². The van der Waals surface area contributed by atoms with E-state index in [-0.39, 0.29) is 17.0 Å². The molecule has 0 radical (unpaired) electrons. The number of carbonyl (C=O) groups is 2. The number of aryl methyl sites for hydroxylation is 1. The number of rotatable bonds is 6. The zero-order valence-corrected chi connectivity index (χ0v) is 17.5. The Morgan fingerprint density at radius 2 is 1.91 bits per heavy atom. The number of benzene rings is 2. The summed E-state index contributed by atoms with van der Waals surface area (Å²) in [5.74, 6) is -1.84. The van der Waals surface area contributed by atoms with E-state index in [0.717, 1.165) is 11.3 Å². The molecule has 1 aliphatic heterocycles. The minimum atomic E-state index is -1.21. The number of ether oxygens (including phenoxy) is 1. The van der Waals surface area contributed by atoms with Crippen LogP contribution in [0.1, 0.15) is 36.3 Å². The predicted molar refractivity (Wildman–Crippen MR) is 115 cm³/mol. The average molecular weight is 436 g/mol. The van der Waals surface area contributed by atoms with Crippen LogP contribution in [0.15, 0.2) is 64.7 Å². The van der Waals surface area contributed by atoms with Gasteiger partial charge in [-0.3, -0.25) is 14.5 Å². The van der Waals surface area contributed by atoms with Gasteiger partial charge in [0.05, 0.1) is 18.2 Å². The van der Waals surface area contributed by atoms with Gasteiger partial charge in [0.25, 0.3) is 5.78 Å². The number of Topliss-reactive ketones (excluding diaryl/α,β-unsaturated/α-hetero) is 1. The first kappa shape index (κ1) is 21.3. The second-order valence-corrected chi connectivity index (χ2v) is 7.36. The van der Waals surface area contributed by atoms with Gasteiger partial charge in [0, 0.05) is 17.2 Å². The van der Waals surface area contributed by atoms with Gasteiger partial charge < -0.3 is 14.4 Å². The SMILES string of the molecule is CCCOc1ccc(C(O)=C2C(=O)C(=O)N(c3cc(C)on3)[C@@H]2c2ccccc2F)cc1.